The Morgan fingerprint density at radius 1 is 1.13 bits per heavy atom. The van der Waals surface area contributed by atoms with Crippen LogP contribution in [-0.4, -0.2) is 43.8 Å². The summed E-state index contributed by atoms with van der Waals surface area (Å²) in [6.45, 7) is 1.38. The number of nitrogens with one attached hydrogen (secondary N) is 2. The van der Waals surface area contributed by atoms with E-state index < -0.39 is 6.10 Å². The fraction of sp³-hybridized carbons (Fsp3) is 0.455. The summed E-state index contributed by atoms with van der Waals surface area (Å²) in [6, 6.07) is 7.28. The van der Waals surface area contributed by atoms with Crippen LogP contribution in [0.15, 0.2) is 24.3 Å². The molecule has 0 unspecified atom stereocenters. The molecule has 30 heavy (non-hydrogen) atoms. The monoisotopic (exact) mass is 428 g/mol. The molecule has 1 fully saturated rings. The Hall–Kier alpha value is -2.58. The van der Waals surface area contributed by atoms with E-state index in [0.717, 1.165) is 44.3 Å². The Labute approximate surface area is 178 Å². The van der Waals surface area contributed by atoms with Gasteiger partial charge in [0.25, 0.3) is 11.8 Å². The Bertz CT molecular complexity index is 966. The molecule has 2 aliphatic heterocycles. The predicted octanol–water partition coefficient (Wildman–Crippen LogP) is 2.92. The van der Waals surface area contributed by atoms with Crippen molar-refractivity contribution in [2.24, 2.45) is 0 Å². The van der Waals surface area contributed by atoms with Crippen LogP contribution < -0.4 is 20.1 Å². The molecule has 0 spiro atoms. The molecule has 0 saturated carbocycles. The van der Waals surface area contributed by atoms with Crippen LogP contribution in [0.2, 0.25) is 0 Å². The summed E-state index contributed by atoms with van der Waals surface area (Å²) >= 11 is 1.49. The van der Waals surface area contributed by atoms with E-state index in [4.69, 9.17) is 14.2 Å². The van der Waals surface area contributed by atoms with E-state index in [0.29, 0.717) is 28.6 Å². The second-order valence-electron chi connectivity index (χ2n) is 7.76. The highest BCUT2D eigenvalue weighted by Crippen LogP contribution is 2.39. The van der Waals surface area contributed by atoms with Crippen LogP contribution in [0.25, 0.3) is 0 Å². The molecule has 7 nitrogen and oxygen atoms in total. The summed E-state index contributed by atoms with van der Waals surface area (Å²) in [7, 11) is 0. The Kier molecular flexibility index (Phi) is 5.35. The van der Waals surface area contributed by atoms with E-state index in [9.17, 15) is 9.59 Å². The lowest BCUT2D eigenvalue weighted by atomic mass is 10.1. The highest BCUT2D eigenvalue weighted by molar-refractivity contribution is 7.17. The minimum Gasteiger partial charge on any atom is -0.485 e. The van der Waals surface area contributed by atoms with Crippen molar-refractivity contribution in [1.29, 1.82) is 0 Å². The molecule has 2 aromatic rings. The van der Waals surface area contributed by atoms with Crippen LogP contribution in [0, 0.1) is 0 Å². The van der Waals surface area contributed by atoms with E-state index in [2.05, 4.69) is 10.6 Å². The van der Waals surface area contributed by atoms with Gasteiger partial charge in [-0.15, -0.1) is 11.3 Å². The maximum Gasteiger partial charge on any atom is 0.269 e. The van der Waals surface area contributed by atoms with Crippen molar-refractivity contribution in [1.82, 2.24) is 5.32 Å². The number of aryl methyl sites for hydroxylation is 1. The number of fused-ring (bicyclic) bond motifs is 2. The average Bonchev–Trinajstić information content (AvgIpc) is 3.49. The standard InChI is InChI=1S/C22H24N2O5S/c25-20(17-12-28-15-7-1-2-8-16(15)29-17)24-22-19(14-6-3-9-18(14)30-22)21(26)23-11-13-5-4-10-27-13/h1-2,7-8,13,17H,3-6,9-12H2,(H,23,26)(H,24,25)/t13-,17-/m0/s1. The van der Waals surface area contributed by atoms with Crippen molar-refractivity contribution >= 4 is 28.2 Å². The van der Waals surface area contributed by atoms with E-state index in [-0.39, 0.29) is 24.5 Å². The topological polar surface area (TPSA) is 85.9 Å². The first-order valence-electron chi connectivity index (χ1n) is 10.4. The van der Waals surface area contributed by atoms with E-state index in [1.165, 1.54) is 16.2 Å². The number of carbonyl (C=O) groups excluding carboxylic acids is 2. The Morgan fingerprint density at radius 3 is 2.83 bits per heavy atom. The van der Waals surface area contributed by atoms with Crippen molar-refractivity contribution in [2.75, 3.05) is 25.1 Å². The number of thiophene rings is 1. The average molecular weight is 429 g/mol. The third-order valence-electron chi connectivity index (χ3n) is 5.70. The maximum atomic E-state index is 13.0. The molecule has 2 N–H and O–H groups in total. The zero-order valence-electron chi connectivity index (χ0n) is 16.6. The molecule has 2 atom stereocenters. The van der Waals surface area contributed by atoms with Gasteiger partial charge in [-0.1, -0.05) is 12.1 Å². The first-order valence-corrected chi connectivity index (χ1v) is 11.2. The number of ether oxygens (including phenoxy) is 3. The molecule has 3 heterocycles. The Balaban J connectivity index is 1.31. The second kappa shape index (κ2) is 8.28. The van der Waals surface area contributed by atoms with Gasteiger partial charge in [-0.25, -0.2) is 0 Å². The molecule has 0 bridgehead atoms. The van der Waals surface area contributed by atoms with Crippen LogP contribution in [0.5, 0.6) is 11.5 Å². The van der Waals surface area contributed by atoms with Gasteiger partial charge in [-0.2, -0.15) is 0 Å². The number of para-hydroxylation sites is 2. The van der Waals surface area contributed by atoms with Crippen molar-refractivity contribution in [3.8, 4) is 11.5 Å². The summed E-state index contributed by atoms with van der Waals surface area (Å²) < 4.78 is 17.1. The molecule has 1 aromatic heterocycles. The van der Waals surface area contributed by atoms with E-state index in [1.807, 2.05) is 18.2 Å². The highest BCUT2D eigenvalue weighted by Gasteiger charge is 2.32. The molecule has 1 saturated heterocycles. The zero-order chi connectivity index (χ0) is 20.5. The number of amides is 2. The number of anilines is 1. The van der Waals surface area contributed by atoms with Crippen molar-refractivity contribution in [3.63, 3.8) is 0 Å². The third kappa shape index (κ3) is 3.77. The van der Waals surface area contributed by atoms with Gasteiger partial charge in [-0.05, 0) is 49.8 Å². The molecule has 5 rings (SSSR count). The molecule has 8 heteroatoms. The van der Waals surface area contributed by atoms with Crippen LogP contribution in [-0.2, 0) is 22.4 Å². The van der Waals surface area contributed by atoms with Gasteiger partial charge in [0, 0.05) is 18.0 Å². The fourth-order valence-electron chi connectivity index (χ4n) is 4.17. The van der Waals surface area contributed by atoms with Crippen molar-refractivity contribution < 1.29 is 23.8 Å². The summed E-state index contributed by atoms with van der Waals surface area (Å²) in [4.78, 5) is 27.1. The Morgan fingerprint density at radius 2 is 2.00 bits per heavy atom. The van der Waals surface area contributed by atoms with E-state index >= 15 is 0 Å². The smallest absolute Gasteiger partial charge is 0.269 e. The summed E-state index contributed by atoms with van der Waals surface area (Å²) in [5, 5.41) is 6.52. The first-order chi connectivity index (χ1) is 14.7. The first kappa shape index (κ1) is 19.4. The van der Waals surface area contributed by atoms with Crippen molar-refractivity contribution in [3.05, 3.63) is 40.3 Å². The van der Waals surface area contributed by atoms with Gasteiger partial charge in [-0.3, -0.25) is 9.59 Å². The van der Waals surface area contributed by atoms with Gasteiger partial charge in [0.05, 0.1) is 11.7 Å². The summed E-state index contributed by atoms with van der Waals surface area (Å²) in [5.74, 6) is 0.724. The molecule has 3 aliphatic rings. The number of carbonyl (C=O) groups is 2. The third-order valence-corrected chi connectivity index (χ3v) is 6.91. The second-order valence-corrected chi connectivity index (χ2v) is 8.87. The zero-order valence-corrected chi connectivity index (χ0v) is 17.4. The minimum absolute atomic E-state index is 0.0755. The van der Waals surface area contributed by atoms with Gasteiger partial charge < -0.3 is 24.8 Å². The summed E-state index contributed by atoms with van der Waals surface area (Å²) in [5.41, 5.74) is 1.65. The SMILES string of the molecule is O=C(NC[C@@H]1CCCO1)c1c(NC(=O)[C@@H]2COc3ccccc3O2)sc2c1CCC2. The summed E-state index contributed by atoms with van der Waals surface area (Å²) in [6.07, 6.45) is 4.15. The number of hydrogen-bond donors (Lipinski definition) is 2. The molecule has 1 aliphatic carbocycles. The lowest BCUT2D eigenvalue weighted by Crippen LogP contribution is -2.40. The number of benzene rings is 1. The van der Waals surface area contributed by atoms with Gasteiger partial charge in [0.2, 0.25) is 6.10 Å². The molecule has 158 valence electrons. The molecular weight excluding hydrogens is 404 g/mol. The fourth-order valence-corrected chi connectivity index (χ4v) is 5.46. The largest absolute Gasteiger partial charge is 0.485 e. The van der Waals surface area contributed by atoms with Crippen molar-refractivity contribution in [2.45, 2.75) is 44.3 Å². The van der Waals surface area contributed by atoms with Crippen LogP contribution in [0.1, 0.15) is 40.1 Å². The number of hydrogen-bond acceptors (Lipinski definition) is 6. The molecule has 1 aromatic carbocycles. The highest BCUT2D eigenvalue weighted by atomic mass is 32.1. The maximum absolute atomic E-state index is 13.0. The molecular formula is C22H24N2O5S. The van der Waals surface area contributed by atoms with Gasteiger partial charge in [0.15, 0.2) is 11.5 Å². The lowest BCUT2D eigenvalue weighted by molar-refractivity contribution is -0.125. The van der Waals surface area contributed by atoms with Gasteiger partial charge in [0.1, 0.15) is 11.6 Å². The minimum atomic E-state index is -0.764. The number of rotatable bonds is 5. The normalized spacial score (nSPS) is 21.9. The van der Waals surface area contributed by atoms with Crippen LogP contribution in [0.3, 0.4) is 0 Å². The predicted molar refractivity (Wildman–Crippen MR) is 113 cm³/mol. The quantitative estimate of drug-likeness (QED) is 0.765. The van der Waals surface area contributed by atoms with Crippen LogP contribution >= 0.6 is 11.3 Å². The lowest BCUT2D eigenvalue weighted by Gasteiger charge is -2.25. The van der Waals surface area contributed by atoms with Crippen LogP contribution in [0.4, 0.5) is 5.00 Å². The van der Waals surface area contributed by atoms with Gasteiger partial charge >= 0.3 is 0 Å². The van der Waals surface area contributed by atoms with E-state index in [1.54, 1.807) is 6.07 Å². The molecule has 0 radical (unpaired) electrons. The molecule has 2 amide bonds.